The topological polar surface area (TPSA) is 85.0 Å². The van der Waals surface area contributed by atoms with E-state index in [0.29, 0.717) is 6.54 Å². The summed E-state index contributed by atoms with van der Waals surface area (Å²) < 4.78 is 0. The summed E-state index contributed by atoms with van der Waals surface area (Å²) in [5.41, 5.74) is 5.63. The van der Waals surface area contributed by atoms with Crippen molar-refractivity contribution in [1.29, 1.82) is 0 Å². The molecule has 2 N–H and O–H groups in total. The van der Waals surface area contributed by atoms with Gasteiger partial charge in [-0.15, -0.1) is 0 Å². The van der Waals surface area contributed by atoms with Gasteiger partial charge in [0.1, 0.15) is 0 Å². The molecule has 1 aliphatic rings. The molecule has 80 valence electrons. The molecule has 2 rings (SSSR count). The first-order valence-corrected chi connectivity index (χ1v) is 4.95. The van der Waals surface area contributed by atoms with Gasteiger partial charge < -0.3 is 5.73 Å². The zero-order chi connectivity index (χ0) is 11.0. The van der Waals surface area contributed by atoms with Crippen LogP contribution in [-0.2, 0) is 4.79 Å². The van der Waals surface area contributed by atoms with E-state index >= 15 is 0 Å². The number of hydrogen-bond donors (Lipinski definition) is 1. The molecule has 1 aromatic rings. The molecule has 0 radical (unpaired) electrons. The Morgan fingerprint density at radius 2 is 1.87 bits per heavy atom. The molecule has 1 amide bonds. The van der Waals surface area contributed by atoms with Crippen LogP contribution in [0.2, 0.25) is 10.6 Å². The molecule has 1 aliphatic heterocycles. The van der Waals surface area contributed by atoms with Crippen molar-refractivity contribution in [3.63, 3.8) is 0 Å². The van der Waals surface area contributed by atoms with E-state index in [4.69, 9.17) is 28.9 Å². The van der Waals surface area contributed by atoms with Crippen molar-refractivity contribution in [1.82, 2.24) is 15.0 Å². The van der Waals surface area contributed by atoms with Crippen LogP contribution in [0.3, 0.4) is 0 Å². The summed E-state index contributed by atoms with van der Waals surface area (Å²) >= 11 is 11.2. The fraction of sp³-hybridized carbons (Fsp3) is 0.429. The standard InChI is InChI=1S/C7H7Cl2N5O/c8-5-11-6(9)13-7(12-5)14-2-3(10)1-4(14)15/h3H,1-2,10H2. The molecule has 8 heteroatoms. The summed E-state index contributed by atoms with van der Waals surface area (Å²) in [6.07, 6.45) is 0.279. The highest BCUT2D eigenvalue weighted by atomic mass is 35.5. The molecule has 0 bridgehead atoms. The van der Waals surface area contributed by atoms with Crippen LogP contribution in [0, 0.1) is 0 Å². The third-order valence-corrected chi connectivity index (χ3v) is 2.30. The zero-order valence-corrected chi connectivity index (χ0v) is 9.03. The molecule has 1 saturated heterocycles. The van der Waals surface area contributed by atoms with Crippen LogP contribution >= 0.6 is 23.2 Å². The lowest BCUT2D eigenvalue weighted by Gasteiger charge is -2.12. The summed E-state index contributed by atoms with van der Waals surface area (Å²) in [6, 6.07) is -0.202. The molecule has 0 aromatic carbocycles. The fourth-order valence-electron chi connectivity index (χ4n) is 1.37. The third kappa shape index (κ3) is 2.17. The van der Waals surface area contributed by atoms with E-state index in [1.165, 1.54) is 4.90 Å². The Hall–Kier alpha value is -0.980. The SMILES string of the molecule is NC1CC(=O)N(c2nc(Cl)nc(Cl)n2)C1. The highest BCUT2D eigenvalue weighted by Crippen LogP contribution is 2.19. The van der Waals surface area contributed by atoms with Gasteiger partial charge in [-0.3, -0.25) is 9.69 Å². The van der Waals surface area contributed by atoms with E-state index in [-0.39, 0.29) is 34.9 Å². The Kier molecular flexibility index (Phi) is 2.72. The lowest BCUT2D eigenvalue weighted by atomic mass is 10.3. The van der Waals surface area contributed by atoms with Crippen LogP contribution in [0.5, 0.6) is 0 Å². The van der Waals surface area contributed by atoms with Gasteiger partial charge in [0, 0.05) is 19.0 Å². The maximum absolute atomic E-state index is 11.5. The summed E-state index contributed by atoms with van der Waals surface area (Å²) in [4.78, 5) is 24.0. The number of nitrogens with zero attached hydrogens (tertiary/aromatic N) is 4. The summed E-state index contributed by atoms with van der Waals surface area (Å²) in [6.45, 7) is 0.371. The van der Waals surface area contributed by atoms with Crippen molar-refractivity contribution < 1.29 is 4.79 Å². The Morgan fingerprint density at radius 3 is 2.33 bits per heavy atom. The smallest absolute Gasteiger partial charge is 0.237 e. The van der Waals surface area contributed by atoms with Gasteiger partial charge in [-0.25, -0.2) is 0 Å². The first-order chi connectivity index (χ1) is 7.06. The molecular formula is C7H7Cl2N5O. The van der Waals surface area contributed by atoms with Gasteiger partial charge in [0.2, 0.25) is 22.4 Å². The first-order valence-electron chi connectivity index (χ1n) is 4.19. The minimum atomic E-state index is -0.202. The molecule has 0 spiro atoms. The second kappa shape index (κ2) is 3.88. The predicted molar refractivity (Wildman–Crippen MR) is 54.8 cm³/mol. The largest absolute Gasteiger partial charge is 0.326 e. The number of amides is 1. The normalized spacial score (nSPS) is 21.1. The quantitative estimate of drug-likeness (QED) is 0.769. The van der Waals surface area contributed by atoms with Gasteiger partial charge >= 0.3 is 0 Å². The second-order valence-corrected chi connectivity index (χ2v) is 3.82. The molecule has 1 aromatic heterocycles. The lowest BCUT2D eigenvalue weighted by Crippen LogP contribution is -2.29. The maximum Gasteiger partial charge on any atom is 0.237 e. The number of anilines is 1. The molecule has 6 nitrogen and oxygen atoms in total. The van der Waals surface area contributed by atoms with E-state index < -0.39 is 0 Å². The molecule has 1 unspecified atom stereocenters. The number of rotatable bonds is 1. The Balaban J connectivity index is 2.33. The maximum atomic E-state index is 11.5. The van der Waals surface area contributed by atoms with E-state index in [0.717, 1.165) is 0 Å². The predicted octanol–water partition coefficient (Wildman–Crippen LogP) is 0.242. The van der Waals surface area contributed by atoms with E-state index in [1.807, 2.05) is 0 Å². The fourth-order valence-corrected chi connectivity index (χ4v) is 1.72. The minimum absolute atomic E-state index is 0.0433. The summed E-state index contributed by atoms with van der Waals surface area (Å²) in [7, 11) is 0. The molecule has 2 heterocycles. The van der Waals surface area contributed by atoms with E-state index in [2.05, 4.69) is 15.0 Å². The van der Waals surface area contributed by atoms with Crippen LogP contribution in [0.25, 0.3) is 0 Å². The minimum Gasteiger partial charge on any atom is -0.326 e. The van der Waals surface area contributed by atoms with Crippen molar-refractivity contribution in [3.05, 3.63) is 10.6 Å². The van der Waals surface area contributed by atoms with Gasteiger partial charge in [0.05, 0.1) is 0 Å². The molecular weight excluding hydrogens is 241 g/mol. The van der Waals surface area contributed by atoms with E-state index in [9.17, 15) is 4.79 Å². The van der Waals surface area contributed by atoms with Crippen LogP contribution in [0.1, 0.15) is 6.42 Å². The lowest BCUT2D eigenvalue weighted by molar-refractivity contribution is -0.117. The number of nitrogens with two attached hydrogens (primary N) is 1. The molecule has 15 heavy (non-hydrogen) atoms. The summed E-state index contributed by atoms with van der Waals surface area (Å²) in [5.74, 6) is 0.0128. The van der Waals surface area contributed by atoms with Crippen molar-refractivity contribution in [2.45, 2.75) is 12.5 Å². The Bertz CT molecular complexity index is 392. The average Bonchev–Trinajstić information content (AvgIpc) is 2.43. The van der Waals surface area contributed by atoms with Crippen molar-refractivity contribution in [2.24, 2.45) is 5.73 Å². The number of aromatic nitrogens is 3. The van der Waals surface area contributed by atoms with Gasteiger partial charge in [0.15, 0.2) is 0 Å². The third-order valence-electron chi connectivity index (χ3n) is 1.97. The van der Waals surface area contributed by atoms with E-state index in [1.54, 1.807) is 0 Å². The monoisotopic (exact) mass is 247 g/mol. The van der Waals surface area contributed by atoms with Gasteiger partial charge in [-0.1, -0.05) is 0 Å². The molecule has 0 saturated carbocycles. The number of halogens is 2. The molecule has 1 fully saturated rings. The number of hydrogen-bond acceptors (Lipinski definition) is 5. The highest BCUT2D eigenvalue weighted by Gasteiger charge is 2.30. The molecule has 0 aliphatic carbocycles. The molecule has 1 atom stereocenters. The van der Waals surface area contributed by atoms with Crippen LogP contribution < -0.4 is 10.6 Å². The zero-order valence-electron chi connectivity index (χ0n) is 7.52. The van der Waals surface area contributed by atoms with Gasteiger partial charge in [-0.05, 0) is 23.2 Å². The summed E-state index contributed by atoms with van der Waals surface area (Å²) in [5, 5.41) is -0.0865. The van der Waals surface area contributed by atoms with Crippen LogP contribution in [0.15, 0.2) is 0 Å². The number of carbonyl (C=O) groups is 1. The van der Waals surface area contributed by atoms with Crippen LogP contribution in [-0.4, -0.2) is 33.4 Å². The van der Waals surface area contributed by atoms with Crippen molar-refractivity contribution >= 4 is 35.1 Å². The van der Waals surface area contributed by atoms with Crippen molar-refractivity contribution in [3.8, 4) is 0 Å². The average molecular weight is 248 g/mol. The highest BCUT2D eigenvalue weighted by molar-refractivity contribution is 6.31. The van der Waals surface area contributed by atoms with Crippen LogP contribution in [0.4, 0.5) is 5.95 Å². The van der Waals surface area contributed by atoms with Gasteiger partial charge in [-0.2, -0.15) is 15.0 Å². The second-order valence-electron chi connectivity index (χ2n) is 3.14. The first kappa shape index (κ1) is 10.5. The Morgan fingerprint density at radius 1 is 1.27 bits per heavy atom. The Labute approximate surface area is 95.4 Å². The number of carbonyl (C=O) groups excluding carboxylic acids is 1. The van der Waals surface area contributed by atoms with Gasteiger partial charge in [0.25, 0.3) is 0 Å². The van der Waals surface area contributed by atoms with Crippen molar-refractivity contribution in [2.75, 3.05) is 11.4 Å².